The smallest absolute Gasteiger partial charge is 0.175 e. The lowest BCUT2D eigenvalue weighted by molar-refractivity contribution is -0.510. The van der Waals surface area contributed by atoms with Gasteiger partial charge in [-0.15, -0.1) is 0 Å². The fraction of sp³-hybridized carbons (Fsp3) is 1.00. The zero-order valence-electron chi connectivity index (χ0n) is 8.06. The molecule has 0 amide bonds. The zero-order valence-corrected chi connectivity index (χ0v) is 8.06. The van der Waals surface area contributed by atoms with Gasteiger partial charge < -0.3 is 9.47 Å². The average molecular weight is 170 g/mol. The van der Waals surface area contributed by atoms with Crippen LogP contribution in [-0.4, -0.2) is 11.6 Å². The van der Waals surface area contributed by atoms with Gasteiger partial charge in [0.25, 0.3) is 0 Å². The molecule has 2 heteroatoms. The molecule has 0 bridgehead atoms. The summed E-state index contributed by atoms with van der Waals surface area (Å²) in [5, 5.41) is 0. The van der Waals surface area contributed by atoms with E-state index in [0.717, 1.165) is 19.3 Å². The minimum Gasteiger partial charge on any atom is -0.318 e. The molecule has 0 unspecified atom stereocenters. The monoisotopic (exact) mass is 170 g/mol. The molecule has 1 aliphatic carbocycles. The van der Waals surface area contributed by atoms with Crippen molar-refractivity contribution in [3.63, 3.8) is 0 Å². The maximum atomic E-state index is 5.88. The molecule has 1 spiro atoms. The van der Waals surface area contributed by atoms with E-state index in [0.29, 0.717) is 0 Å². The Kier molecular flexibility index (Phi) is 1.92. The van der Waals surface area contributed by atoms with Gasteiger partial charge in [-0.2, -0.15) is 0 Å². The Bertz CT molecular complexity index is 163. The molecule has 2 rings (SSSR count). The van der Waals surface area contributed by atoms with Gasteiger partial charge in [-0.05, 0) is 26.2 Å². The van der Waals surface area contributed by atoms with Crippen molar-refractivity contribution < 1.29 is 9.47 Å². The summed E-state index contributed by atoms with van der Waals surface area (Å²) >= 11 is 0. The summed E-state index contributed by atoms with van der Waals surface area (Å²) in [7, 11) is 0. The number of hydrogen-bond donors (Lipinski definition) is 0. The van der Waals surface area contributed by atoms with Gasteiger partial charge in [-0.25, -0.2) is 0 Å². The van der Waals surface area contributed by atoms with Crippen LogP contribution in [-0.2, 0) is 9.47 Å². The van der Waals surface area contributed by atoms with Gasteiger partial charge in [0.2, 0.25) is 0 Å². The standard InChI is InChI=1S/C10H18O2/c1-3-9(2)11-10(12-9)7-5-4-6-8-10/h3-8H2,1-2H3. The molecule has 1 saturated carbocycles. The Hall–Kier alpha value is -0.0800. The summed E-state index contributed by atoms with van der Waals surface area (Å²) in [4.78, 5) is 0. The van der Waals surface area contributed by atoms with Crippen LogP contribution in [0.15, 0.2) is 0 Å². The highest BCUT2D eigenvalue weighted by molar-refractivity contribution is 4.87. The molecule has 70 valence electrons. The van der Waals surface area contributed by atoms with Crippen LogP contribution in [0.4, 0.5) is 0 Å². The third-order valence-corrected chi connectivity index (χ3v) is 3.06. The molecule has 1 saturated heterocycles. The number of rotatable bonds is 1. The van der Waals surface area contributed by atoms with E-state index in [2.05, 4.69) is 6.92 Å². The van der Waals surface area contributed by atoms with Gasteiger partial charge in [0.05, 0.1) is 0 Å². The summed E-state index contributed by atoms with van der Waals surface area (Å²) in [6, 6.07) is 0. The third kappa shape index (κ3) is 1.27. The quantitative estimate of drug-likeness (QED) is 0.602. The van der Waals surface area contributed by atoms with Crippen molar-refractivity contribution in [3.05, 3.63) is 0 Å². The largest absolute Gasteiger partial charge is 0.318 e. The third-order valence-electron chi connectivity index (χ3n) is 3.06. The summed E-state index contributed by atoms with van der Waals surface area (Å²) in [5.41, 5.74) is 0. The first-order chi connectivity index (χ1) is 5.68. The van der Waals surface area contributed by atoms with Gasteiger partial charge in [0.15, 0.2) is 11.6 Å². The molecule has 0 atom stereocenters. The number of hydrogen-bond acceptors (Lipinski definition) is 2. The normalized spacial score (nSPS) is 31.5. The second-order valence-electron chi connectivity index (χ2n) is 4.16. The van der Waals surface area contributed by atoms with Crippen molar-refractivity contribution in [1.29, 1.82) is 0 Å². The second-order valence-corrected chi connectivity index (χ2v) is 4.16. The molecular weight excluding hydrogens is 152 g/mol. The topological polar surface area (TPSA) is 18.5 Å². The summed E-state index contributed by atoms with van der Waals surface area (Å²) in [6.45, 7) is 4.14. The Morgan fingerprint density at radius 2 is 1.67 bits per heavy atom. The molecule has 2 fully saturated rings. The fourth-order valence-electron chi connectivity index (χ4n) is 2.23. The predicted molar refractivity (Wildman–Crippen MR) is 46.7 cm³/mol. The van der Waals surface area contributed by atoms with Gasteiger partial charge >= 0.3 is 0 Å². The van der Waals surface area contributed by atoms with Crippen LogP contribution in [0, 0.1) is 0 Å². The van der Waals surface area contributed by atoms with Crippen LogP contribution < -0.4 is 0 Å². The van der Waals surface area contributed by atoms with Gasteiger partial charge in [-0.3, -0.25) is 0 Å². The van der Waals surface area contributed by atoms with Gasteiger partial charge in [0.1, 0.15) is 0 Å². The van der Waals surface area contributed by atoms with E-state index in [1.165, 1.54) is 19.3 Å². The lowest BCUT2D eigenvalue weighted by Crippen LogP contribution is -2.61. The van der Waals surface area contributed by atoms with E-state index in [1.54, 1.807) is 0 Å². The van der Waals surface area contributed by atoms with E-state index in [4.69, 9.17) is 9.47 Å². The predicted octanol–water partition coefficient (Wildman–Crippen LogP) is 2.82. The number of ether oxygens (including phenoxy) is 2. The van der Waals surface area contributed by atoms with E-state index in [-0.39, 0.29) is 11.6 Å². The SMILES string of the molecule is CCC1(C)OC2(CCCCC2)O1. The van der Waals surface area contributed by atoms with E-state index >= 15 is 0 Å². The molecule has 2 nitrogen and oxygen atoms in total. The van der Waals surface area contributed by atoms with Crippen molar-refractivity contribution in [1.82, 2.24) is 0 Å². The summed E-state index contributed by atoms with van der Waals surface area (Å²) in [6.07, 6.45) is 7.02. The summed E-state index contributed by atoms with van der Waals surface area (Å²) < 4.78 is 11.8. The average Bonchev–Trinajstić information content (AvgIpc) is 2.04. The molecule has 0 aromatic rings. The van der Waals surface area contributed by atoms with Crippen molar-refractivity contribution in [2.75, 3.05) is 0 Å². The molecule has 12 heavy (non-hydrogen) atoms. The molecule has 0 aromatic carbocycles. The maximum absolute atomic E-state index is 5.88. The van der Waals surface area contributed by atoms with Crippen LogP contribution in [0.25, 0.3) is 0 Å². The minimum atomic E-state index is -0.267. The lowest BCUT2D eigenvalue weighted by Gasteiger charge is -2.55. The van der Waals surface area contributed by atoms with E-state index in [9.17, 15) is 0 Å². The highest BCUT2D eigenvalue weighted by Gasteiger charge is 2.53. The first kappa shape index (κ1) is 8.52. The second kappa shape index (κ2) is 2.71. The van der Waals surface area contributed by atoms with Gasteiger partial charge in [-0.1, -0.05) is 13.3 Å². The van der Waals surface area contributed by atoms with E-state index < -0.39 is 0 Å². The molecule has 1 heterocycles. The highest BCUT2D eigenvalue weighted by atomic mass is 16.9. The Morgan fingerprint density at radius 1 is 1.08 bits per heavy atom. The first-order valence-electron chi connectivity index (χ1n) is 5.08. The van der Waals surface area contributed by atoms with Gasteiger partial charge in [0, 0.05) is 12.8 Å². The first-order valence-corrected chi connectivity index (χ1v) is 5.08. The van der Waals surface area contributed by atoms with Crippen molar-refractivity contribution in [2.45, 2.75) is 63.9 Å². The highest BCUT2D eigenvalue weighted by Crippen LogP contribution is 2.48. The Morgan fingerprint density at radius 3 is 2.17 bits per heavy atom. The Labute approximate surface area is 74.2 Å². The van der Waals surface area contributed by atoms with E-state index in [1.807, 2.05) is 6.92 Å². The van der Waals surface area contributed by atoms with Crippen LogP contribution in [0.3, 0.4) is 0 Å². The molecule has 2 aliphatic rings. The maximum Gasteiger partial charge on any atom is 0.175 e. The Balaban J connectivity index is 1.92. The summed E-state index contributed by atoms with van der Waals surface area (Å²) in [5.74, 6) is -0.430. The molecule has 0 aromatic heterocycles. The van der Waals surface area contributed by atoms with Crippen LogP contribution in [0.1, 0.15) is 52.4 Å². The molecular formula is C10H18O2. The molecule has 1 aliphatic heterocycles. The van der Waals surface area contributed by atoms with Crippen molar-refractivity contribution >= 4 is 0 Å². The molecule has 0 radical (unpaired) electrons. The van der Waals surface area contributed by atoms with Crippen LogP contribution in [0.2, 0.25) is 0 Å². The van der Waals surface area contributed by atoms with Crippen LogP contribution in [0.5, 0.6) is 0 Å². The fourth-order valence-corrected chi connectivity index (χ4v) is 2.23. The van der Waals surface area contributed by atoms with Crippen molar-refractivity contribution in [2.24, 2.45) is 0 Å². The lowest BCUT2D eigenvalue weighted by atomic mass is 9.91. The van der Waals surface area contributed by atoms with Crippen molar-refractivity contribution in [3.8, 4) is 0 Å². The molecule has 0 N–H and O–H groups in total. The zero-order chi connectivity index (χ0) is 8.66. The minimum absolute atomic E-state index is 0.164. The van der Waals surface area contributed by atoms with Crippen LogP contribution >= 0.6 is 0 Å².